The van der Waals surface area contributed by atoms with Crippen LogP contribution in [-0.2, 0) is 17.5 Å². The lowest BCUT2D eigenvalue weighted by Gasteiger charge is -2.17. The Morgan fingerprint density at radius 2 is 1.84 bits per heavy atom. The highest BCUT2D eigenvalue weighted by molar-refractivity contribution is 5.24. The summed E-state index contributed by atoms with van der Waals surface area (Å²) in [7, 11) is 1.64. The fraction of sp³-hybridized carbons (Fsp3) is 0.571. The normalized spacial score (nSPS) is 13.5. The Balaban J connectivity index is 2.53. The Hall–Kier alpha value is -1.07. The maximum absolute atomic E-state index is 12.4. The van der Waals surface area contributed by atoms with E-state index in [9.17, 15) is 13.2 Å². The zero-order valence-corrected chi connectivity index (χ0v) is 11.3. The highest BCUT2D eigenvalue weighted by Crippen LogP contribution is 2.29. The molecule has 0 radical (unpaired) electrons. The first-order valence-corrected chi connectivity index (χ1v) is 6.35. The van der Waals surface area contributed by atoms with Gasteiger partial charge in [0.1, 0.15) is 0 Å². The highest BCUT2D eigenvalue weighted by atomic mass is 19.4. The van der Waals surface area contributed by atoms with Crippen molar-refractivity contribution in [2.75, 3.05) is 13.7 Å². The van der Waals surface area contributed by atoms with E-state index in [1.165, 1.54) is 12.1 Å². The van der Waals surface area contributed by atoms with E-state index in [1.807, 2.05) is 0 Å². The number of benzene rings is 1. The number of hydrogen-bond acceptors (Lipinski definition) is 2. The maximum atomic E-state index is 12.4. The van der Waals surface area contributed by atoms with Crippen molar-refractivity contribution in [1.82, 2.24) is 5.32 Å². The zero-order valence-electron chi connectivity index (χ0n) is 11.3. The SMILES string of the molecule is CCCC(COC)NCc1ccc(C(F)(F)F)cc1. The Labute approximate surface area is 112 Å². The minimum Gasteiger partial charge on any atom is -0.383 e. The van der Waals surface area contributed by atoms with E-state index in [0.29, 0.717) is 13.2 Å². The van der Waals surface area contributed by atoms with Crippen LogP contribution >= 0.6 is 0 Å². The Morgan fingerprint density at radius 1 is 1.21 bits per heavy atom. The van der Waals surface area contributed by atoms with Crippen molar-refractivity contribution in [2.24, 2.45) is 0 Å². The fourth-order valence-corrected chi connectivity index (χ4v) is 1.87. The molecule has 19 heavy (non-hydrogen) atoms. The van der Waals surface area contributed by atoms with E-state index in [1.54, 1.807) is 7.11 Å². The molecule has 1 aromatic rings. The van der Waals surface area contributed by atoms with Gasteiger partial charge in [-0.05, 0) is 24.1 Å². The van der Waals surface area contributed by atoms with Crippen LogP contribution in [0.2, 0.25) is 0 Å². The van der Waals surface area contributed by atoms with Gasteiger partial charge < -0.3 is 10.1 Å². The molecule has 0 heterocycles. The molecular weight excluding hydrogens is 255 g/mol. The smallest absolute Gasteiger partial charge is 0.383 e. The molecule has 1 rings (SSSR count). The minimum atomic E-state index is -4.27. The summed E-state index contributed by atoms with van der Waals surface area (Å²) in [4.78, 5) is 0. The summed E-state index contributed by atoms with van der Waals surface area (Å²) in [6.45, 7) is 3.24. The highest BCUT2D eigenvalue weighted by Gasteiger charge is 2.29. The van der Waals surface area contributed by atoms with Gasteiger partial charge in [-0.15, -0.1) is 0 Å². The van der Waals surface area contributed by atoms with Crippen molar-refractivity contribution in [3.05, 3.63) is 35.4 Å². The van der Waals surface area contributed by atoms with Crippen LogP contribution in [0, 0.1) is 0 Å². The molecule has 0 bridgehead atoms. The van der Waals surface area contributed by atoms with Gasteiger partial charge in [0, 0.05) is 19.7 Å². The molecule has 108 valence electrons. The lowest BCUT2D eigenvalue weighted by molar-refractivity contribution is -0.137. The van der Waals surface area contributed by atoms with Gasteiger partial charge in [-0.2, -0.15) is 13.2 Å². The maximum Gasteiger partial charge on any atom is 0.416 e. The van der Waals surface area contributed by atoms with Crippen molar-refractivity contribution < 1.29 is 17.9 Å². The fourth-order valence-electron chi connectivity index (χ4n) is 1.87. The second-order valence-electron chi connectivity index (χ2n) is 4.52. The second kappa shape index (κ2) is 7.50. The minimum absolute atomic E-state index is 0.234. The second-order valence-corrected chi connectivity index (χ2v) is 4.52. The van der Waals surface area contributed by atoms with Crippen LogP contribution in [0.4, 0.5) is 13.2 Å². The predicted octanol–water partition coefficient (Wildman–Crippen LogP) is 3.61. The van der Waals surface area contributed by atoms with Gasteiger partial charge in [-0.25, -0.2) is 0 Å². The molecule has 1 N–H and O–H groups in total. The summed E-state index contributed by atoms with van der Waals surface area (Å²) in [6.07, 6.45) is -2.25. The average molecular weight is 275 g/mol. The van der Waals surface area contributed by atoms with Crippen LogP contribution in [0.3, 0.4) is 0 Å². The molecule has 1 aromatic carbocycles. The lowest BCUT2D eigenvalue weighted by Crippen LogP contribution is -2.32. The molecule has 2 nitrogen and oxygen atoms in total. The Bertz CT molecular complexity index is 356. The summed E-state index contributed by atoms with van der Waals surface area (Å²) in [5.74, 6) is 0. The van der Waals surface area contributed by atoms with Crippen LogP contribution in [0.1, 0.15) is 30.9 Å². The van der Waals surface area contributed by atoms with Crippen molar-refractivity contribution in [2.45, 2.75) is 38.5 Å². The third-order valence-corrected chi connectivity index (χ3v) is 2.88. The molecule has 0 saturated heterocycles. The van der Waals surface area contributed by atoms with Gasteiger partial charge in [-0.3, -0.25) is 0 Å². The molecular formula is C14H20F3NO. The molecule has 0 aromatic heterocycles. The van der Waals surface area contributed by atoms with Crippen LogP contribution in [0.15, 0.2) is 24.3 Å². The molecule has 0 aliphatic heterocycles. The number of hydrogen-bond donors (Lipinski definition) is 1. The van der Waals surface area contributed by atoms with E-state index in [4.69, 9.17) is 4.74 Å². The summed E-state index contributed by atoms with van der Waals surface area (Å²) < 4.78 is 42.3. The van der Waals surface area contributed by atoms with E-state index < -0.39 is 11.7 Å². The van der Waals surface area contributed by atoms with Crippen molar-refractivity contribution in [1.29, 1.82) is 0 Å². The van der Waals surface area contributed by atoms with Gasteiger partial charge in [0.05, 0.1) is 12.2 Å². The van der Waals surface area contributed by atoms with Gasteiger partial charge in [0.25, 0.3) is 0 Å². The number of rotatable bonds is 7. The summed E-state index contributed by atoms with van der Waals surface area (Å²) in [5.41, 5.74) is 0.225. The predicted molar refractivity (Wildman–Crippen MR) is 68.9 cm³/mol. The largest absolute Gasteiger partial charge is 0.416 e. The zero-order chi connectivity index (χ0) is 14.3. The van der Waals surface area contributed by atoms with E-state index >= 15 is 0 Å². The topological polar surface area (TPSA) is 21.3 Å². The number of alkyl halides is 3. The van der Waals surface area contributed by atoms with E-state index in [2.05, 4.69) is 12.2 Å². The third kappa shape index (κ3) is 5.61. The summed E-state index contributed by atoms with van der Waals surface area (Å²) >= 11 is 0. The monoisotopic (exact) mass is 275 g/mol. The molecule has 0 aliphatic carbocycles. The number of ether oxygens (including phenoxy) is 1. The molecule has 0 fully saturated rings. The quantitative estimate of drug-likeness (QED) is 0.820. The molecule has 1 unspecified atom stereocenters. The third-order valence-electron chi connectivity index (χ3n) is 2.88. The Kier molecular flexibility index (Phi) is 6.31. The lowest BCUT2D eigenvalue weighted by atomic mass is 10.1. The summed E-state index contributed by atoms with van der Waals surface area (Å²) in [6, 6.07) is 5.47. The number of halogens is 3. The standard InChI is InChI=1S/C14H20F3NO/c1-3-4-13(10-19-2)18-9-11-5-7-12(8-6-11)14(15,16)17/h5-8,13,18H,3-4,9-10H2,1-2H3. The van der Waals surface area contributed by atoms with Gasteiger partial charge in [0.15, 0.2) is 0 Å². The summed E-state index contributed by atoms with van der Waals surface area (Å²) in [5, 5.41) is 3.29. The van der Waals surface area contributed by atoms with Crippen LogP contribution < -0.4 is 5.32 Å². The molecule has 0 amide bonds. The van der Waals surface area contributed by atoms with Crippen LogP contribution in [-0.4, -0.2) is 19.8 Å². The molecule has 0 aliphatic rings. The molecule has 0 spiro atoms. The van der Waals surface area contributed by atoms with Crippen LogP contribution in [0.25, 0.3) is 0 Å². The number of methoxy groups -OCH3 is 1. The molecule has 1 atom stereocenters. The number of nitrogens with one attached hydrogen (secondary N) is 1. The average Bonchev–Trinajstić information content (AvgIpc) is 2.36. The first-order valence-electron chi connectivity index (χ1n) is 6.35. The van der Waals surface area contributed by atoms with E-state index in [-0.39, 0.29) is 6.04 Å². The van der Waals surface area contributed by atoms with Crippen molar-refractivity contribution in [3.8, 4) is 0 Å². The molecule has 0 saturated carbocycles. The first kappa shape index (κ1) is 16.0. The van der Waals surface area contributed by atoms with Crippen molar-refractivity contribution >= 4 is 0 Å². The Morgan fingerprint density at radius 3 is 2.32 bits per heavy atom. The van der Waals surface area contributed by atoms with Gasteiger partial charge in [0.2, 0.25) is 0 Å². The molecule has 5 heteroatoms. The van der Waals surface area contributed by atoms with E-state index in [0.717, 1.165) is 30.5 Å². The van der Waals surface area contributed by atoms with Gasteiger partial charge >= 0.3 is 6.18 Å². The van der Waals surface area contributed by atoms with Gasteiger partial charge in [-0.1, -0.05) is 25.5 Å². The van der Waals surface area contributed by atoms with Crippen LogP contribution in [0.5, 0.6) is 0 Å². The van der Waals surface area contributed by atoms with Crippen molar-refractivity contribution in [3.63, 3.8) is 0 Å². The first-order chi connectivity index (χ1) is 8.97.